The number of fused-ring (bicyclic) bond motifs is 1. The molecule has 1 amide bonds. The molecule has 3 aromatic rings. The number of halogens is 2. The molecule has 1 aromatic heterocycles. The summed E-state index contributed by atoms with van der Waals surface area (Å²) in [5.74, 6) is 1.57. The van der Waals surface area contributed by atoms with Gasteiger partial charge in [-0.2, -0.15) is 0 Å². The molecule has 5 heteroatoms. The first-order valence-corrected chi connectivity index (χ1v) is 11.1. The van der Waals surface area contributed by atoms with Gasteiger partial charge in [-0.3, -0.25) is 9.78 Å². The minimum absolute atomic E-state index is 0.123. The highest BCUT2D eigenvalue weighted by Crippen LogP contribution is 2.52. The topological polar surface area (TPSA) is 42.0 Å². The predicted octanol–water partition coefficient (Wildman–Crippen LogP) is 6.58. The maximum Gasteiger partial charge on any atom is 0.227 e. The molecule has 5 rings (SSSR count). The summed E-state index contributed by atoms with van der Waals surface area (Å²) in [6.45, 7) is 0. The molecule has 3 nitrogen and oxygen atoms in total. The van der Waals surface area contributed by atoms with Gasteiger partial charge in [-0.05, 0) is 104 Å². The fourth-order valence-corrected chi connectivity index (χ4v) is 5.29. The maximum absolute atomic E-state index is 13.8. The van der Waals surface area contributed by atoms with E-state index in [0.29, 0.717) is 22.8 Å². The van der Waals surface area contributed by atoms with Gasteiger partial charge in [0.15, 0.2) is 0 Å². The first-order chi connectivity index (χ1) is 14.6. The smallest absolute Gasteiger partial charge is 0.227 e. The molecule has 2 aliphatic carbocycles. The summed E-state index contributed by atoms with van der Waals surface area (Å²) in [5.41, 5.74) is 2.87. The van der Waals surface area contributed by atoms with Gasteiger partial charge < -0.3 is 5.32 Å². The van der Waals surface area contributed by atoms with Gasteiger partial charge in [0, 0.05) is 28.2 Å². The van der Waals surface area contributed by atoms with Gasteiger partial charge in [-0.25, -0.2) is 4.39 Å². The average Bonchev–Trinajstić information content (AvgIpc) is 3.56. The number of benzene rings is 2. The maximum atomic E-state index is 13.8. The van der Waals surface area contributed by atoms with Gasteiger partial charge >= 0.3 is 0 Å². The Morgan fingerprint density at radius 1 is 1.03 bits per heavy atom. The third kappa shape index (κ3) is 3.93. The highest BCUT2D eigenvalue weighted by atomic mass is 35.5. The van der Waals surface area contributed by atoms with E-state index < -0.39 is 0 Å². The number of carbonyl (C=O) groups is 1. The van der Waals surface area contributed by atoms with Crippen LogP contribution in [0.15, 0.2) is 54.7 Å². The lowest BCUT2D eigenvalue weighted by Crippen LogP contribution is -2.20. The summed E-state index contributed by atoms with van der Waals surface area (Å²) in [7, 11) is 0. The van der Waals surface area contributed by atoms with E-state index in [9.17, 15) is 9.18 Å². The van der Waals surface area contributed by atoms with E-state index >= 15 is 0 Å². The normalized spacial score (nSPS) is 25.8. The van der Waals surface area contributed by atoms with Gasteiger partial charge in [-0.1, -0.05) is 11.6 Å². The zero-order valence-electron chi connectivity index (χ0n) is 16.7. The van der Waals surface area contributed by atoms with Gasteiger partial charge in [0.2, 0.25) is 5.91 Å². The van der Waals surface area contributed by atoms with Crippen molar-refractivity contribution in [2.45, 2.75) is 38.0 Å². The third-order valence-electron chi connectivity index (χ3n) is 6.84. The van der Waals surface area contributed by atoms with Crippen LogP contribution in [0.4, 0.5) is 10.1 Å². The van der Waals surface area contributed by atoms with Crippen LogP contribution in [-0.4, -0.2) is 10.9 Å². The number of hydrogen-bond donors (Lipinski definition) is 1. The standard InChI is InChI=1S/C25H24ClFN2O/c26-17-5-8-19(9-6-17)29-25(30)23-14-21(23)16-3-1-15(2-4-16)20-11-12-28-24-10-7-18(27)13-22(20)24/h5-13,15-16,21,23H,1-4,14H2,(H,29,30). The molecule has 0 spiro atoms. The van der Waals surface area contributed by atoms with Crippen molar-refractivity contribution in [1.82, 2.24) is 4.98 Å². The van der Waals surface area contributed by atoms with Crippen molar-refractivity contribution in [3.8, 4) is 0 Å². The summed E-state index contributed by atoms with van der Waals surface area (Å²) < 4.78 is 13.8. The molecule has 0 aliphatic heterocycles. The van der Waals surface area contributed by atoms with Crippen LogP contribution in [-0.2, 0) is 4.79 Å². The van der Waals surface area contributed by atoms with Gasteiger partial charge in [0.05, 0.1) is 5.52 Å². The molecule has 2 unspecified atom stereocenters. The zero-order valence-corrected chi connectivity index (χ0v) is 17.4. The van der Waals surface area contributed by atoms with E-state index in [1.165, 1.54) is 11.6 Å². The van der Waals surface area contributed by atoms with Crippen molar-refractivity contribution in [1.29, 1.82) is 0 Å². The summed E-state index contributed by atoms with van der Waals surface area (Å²) in [4.78, 5) is 17.0. The molecule has 0 radical (unpaired) electrons. The van der Waals surface area contributed by atoms with Crippen LogP contribution in [0.3, 0.4) is 0 Å². The van der Waals surface area contributed by atoms with Gasteiger partial charge in [0.1, 0.15) is 5.82 Å². The molecule has 2 fully saturated rings. The fraction of sp³-hybridized carbons (Fsp3) is 0.360. The summed E-state index contributed by atoms with van der Waals surface area (Å²) in [5, 5.41) is 4.62. The van der Waals surface area contributed by atoms with E-state index in [1.807, 2.05) is 24.4 Å². The minimum Gasteiger partial charge on any atom is -0.326 e. The van der Waals surface area contributed by atoms with Crippen LogP contribution in [0, 0.1) is 23.6 Å². The second-order valence-electron chi connectivity index (χ2n) is 8.68. The van der Waals surface area contributed by atoms with Crippen LogP contribution < -0.4 is 5.32 Å². The lowest BCUT2D eigenvalue weighted by atomic mass is 9.76. The number of rotatable bonds is 4. The van der Waals surface area contributed by atoms with Crippen LogP contribution in [0.5, 0.6) is 0 Å². The molecule has 1 N–H and O–H groups in total. The number of anilines is 1. The van der Waals surface area contributed by atoms with Crippen molar-refractivity contribution in [3.63, 3.8) is 0 Å². The van der Waals surface area contributed by atoms with Gasteiger partial charge in [-0.15, -0.1) is 0 Å². The van der Waals surface area contributed by atoms with Crippen molar-refractivity contribution < 1.29 is 9.18 Å². The van der Waals surface area contributed by atoms with Crippen LogP contribution in [0.25, 0.3) is 10.9 Å². The highest BCUT2D eigenvalue weighted by molar-refractivity contribution is 6.30. The molecule has 1 heterocycles. The summed E-state index contributed by atoms with van der Waals surface area (Å²) >= 11 is 5.91. The molecule has 154 valence electrons. The number of nitrogens with one attached hydrogen (secondary N) is 1. The second-order valence-corrected chi connectivity index (χ2v) is 9.11. The summed E-state index contributed by atoms with van der Waals surface area (Å²) in [6.07, 6.45) is 7.24. The Morgan fingerprint density at radius 3 is 2.57 bits per heavy atom. The molecule has 30 heavy (non-hydrogen) atoms. The number of pyridine rings is 1. The largest absolute Gasteiger partial charge is 0.326 e. The number of carbonyl (C=O) groups excluding carboxylic acids is 1. The van der Waals surface area contributed by atoms with E-state index in [1.54, 1.807) is 24.3 Å². The Kier molecular flexibility index (Phi) is 5.20. The number of hydrogen-bond acceptors (Lipinski definition) is 2. The average molecular weight is 423 g/mol. The monoisotopic (exact) mass is 422 g/mol. The SMILES string of the molecule is O=C(Nc1ccc(Cl)cc1)C1CC1C1CCC(c2ccnc3ccc(F)cc23)CC1. The Hall–Kier alpha value is -2.46. The van der Waals surface area contributed by atoms with Crippen molar-refractivity contribution >= 4 is 34.1 Å². The molecule has 2 aliphatic rings. The Balaban J connectivity index is 1.20. The number of amides is 1. The molecule has 0 saturated heterocycles. The molecule has 2 atom stereocenters. The van der Waals surface area contributed by atoms with Crippen molar-refractivity contribution in [2.24, 2.45) is 17.8 Å². The molecule has 2 saturated carbocycles. The van der Waals surface area contributed by atoms with E-state index in [-0.39, 0.29) is 17.6 Å². The lowest BCUT2D eigenvalue weighted by molar-refractivity contribution is -0.117. The van der Waals surface area contributed by atoms with Crippen molar-refractivity contribution in [2.75, 3.05) is 5.32 Å². The first-order valence-electron chi connectivity index (χ1n) is 10.7. The number of nitrogens with zero attached hydrogens (tertiary/aromatic N) is 1. The fourth-order valence-electron chi connectivity index (χ4n) is 5.16. The Morgan fingerprint density at radius 2 is 1.80 bits per heavy atom. The molecule has 0 bridgehead atoms. The summed E-state index contributed by atoms with van der Waals surface area (Å²) in [6, 6.07) is 14.1. The zero-order chi connectivity index (χ0) is 20.7. The van der Waals surface area contributed by atoms with E-state index in [2.05, 4.69) is 10.3 Å². The number of aromatic nitrogens is 1. The lowest BCUT2D eigenvalue weighted by Gasteiger charge is -2.29. The third-order valence-corrected chi connectivity index (χ3v) is 7.09. The van der Waals surface area contributed by atoms with Crippen LogP contribution in [0.2, 0.25) is 5.02 Å². The second kappa shape index (κ2) is 7.99. The quantitative estimate of drug-likeness (QED) is 0.516. The van der Waals surface area contributed by atoms with Crippen molar-refractivity contribution in [3.05, 3.63) is 71.1 Å². The molecular formula is C25H24ClFN2O. The molecular weight excluding hydrogens is 399 g/mol. The van der Waals surface area contributed by atoms with Gasteiger partial charge in [0.25, 0.3) is 0 Å². The molecule has 2 aromatic carbocycles. The predicted molar refractivity (Wildman–Crippen MR) is 118 cm³/mol. The van der Waals surface area contributed by atoms with Crippen LogP contribution >= 0.6 is 11.6 Å². The van der Waals surface area contributed by atoms with Crippen LogP contribution in [0.1, 0.15) is 43.6 Å². The minimum atomic E-state index is -0.210. The first kappa shape index (κ1) is 19.5. The Bertz CT molecular complexity index is 1080. The Labute approximate surface area is 180 Å². The van der Waals surface area contributed by atoms with E-state index in [4.69, 9.17) is 11.6 Å². The van der Waals surface area contributed by atoms with E-state index in [0.717, 1.165) is 48.7 Å². The highest BCUT2D eigenvalue weighted by Gasteiger charge is 2.48.